The Kier molecular flexibility index (Phi) is 6.10. The molecule has 0 aliphatic carbocycles. The average molecular weight is 473 g/mol. The van der Waals surface area contributed by atoms with Gasteiger partial charge in [-0.15, -0.1) is 13.2 Å². The summed E-state index contributed by atoms with van der Waals surface area (Å²) >= 11 is 0. The number of anilines is 1. The van der Waals surface area contributed by atoms with Crippen LogP contribution in [0.2, 0.25) is 0 Å². The molecular formula is C23H22F3N5O3. The second kappa shape index (κ2) is 8.87. The van der Waals surface area contributed by atoms with Crippen molar-refractivity contribution in [3.8, 4) is 17.6 Å². The SMILES string of the molecule is Cc1ccc2c(n1)c(N1CCN(Cc3cc(OC(F)(F)F)ccc3O)CC1)c(C#N)c(=O)n2C. The third kappa shape index (κ3) is 4.63. The molecule has 8 nitrogen and oxygen atoms in total. The second-order valence-corrected chi connectivity index (χ2v) is 8.12. The van der Waals surface area contributed by atoms with Crippen LogP contribution in [0.5, 0.6) is 11.5 Å². The molecule has 0 unspecified atom stereocenters. The summed E-state index contributed by atoms with van der Waals surface area (Å²) in [6, 6.07) is 9.04. The molecule has 0 radical (unpaired) electrons. The molecule has 0 bridgehead atoms. The molecule has 178 valence electrons. The van der Waals surface area contributed by atoms with E-state index in [0.29, 0.717) is 48.5 Å². The van der Waals surface area contributed by atoms with Gasteiger partial charge in [-0.1, -0.05) is 0 Å². The van der Waals surface area contributed by atoms with Crippen molar-refractivity contribution in [2.24, 2.45) is 7.05 Å². The van der Waals surface area contributed by atoms with E-state index in [1.807, 2.05) is 22.8 Å². The average Bonchev–Trinajstić information content (AvgIpc) is 2.78. The van der Waals surface area contributed by atoms with Gasteiger partial charge in [-0.05, 0) is 37.3 Å². The van der Waals surface area contributed by atoms with Crippen molar-refractivity contribution in [2.45, 2.75) is 19.8 Å². The minimum absolute atomic E-state index is 0.0243. The van der Waals surface area contributed by atoms with Gasteiger partial charge in [0.1, 0.15) is 28.6 Å². The number of benzene rings is 1. The molecule has 3 heterocycles. The fourth-order valence-corrected chi connectivity index (χ4v) is 4.16. The number of piperazine rings is 1. The highest BCUT2D eigenvalue weighted by atomic mass is 19.4. The minimum atomic E-state index is -4.82. The van der Waals surface area contributed by atoms with Crippen molar-refractivity contribution in [3.63, 3.8) is 0 Å². The third-order valence-electron chi connectivity index (χ3n) is 5.83. The quantitative estimate of drug-likeness (QED) is 0.623. The Bertz CT molecular complexity index is 1340. The van der Waals surface area contributed by atoms with Crippen molar-refractivity contribution in [1.82, 2.24) is 14.5 Å². The van der Waals surface area contributed by atoms with Crippen molar-refractivity contribution >= 4 is 16.7 Å². The van der Waals surface area contributed by atoms with Crippen LogP contribution in [0.25, 0.3) is 11.0 Å². The number of nitriles is 1. The highest BCUT2D eigenvalue weighted by Gasteiger charge is 2.31. The van der Waals surface area contributed by atoms with Gasteiger partial charge in [0.25, 0.3) is 5.56 Å². The zero-order valence-electron chi connectivity index (χ0n) is 18.6. The molecule has 1 fully saturated rings. The number of phenolic OH excluding ortho intramolecular Hbond substituents is 1. The fourth-order valence-electron chi connectivity index (χ4n) is 4.16. The van der Waals surface area contributed by atoms with E-state index in [9.17, 15) is 28.3 Å². The zero-order valence-corrected chi connectivity index (χ0v) is 18.6. The van der Waals surface area contributed by atoms with Gasteiger partial charge in [-0.2, -0.15) is 5.26 Å². The Morgan fingerprint density at radius 3 is 2.53 bits per heavy atom. The number of rotatable bonds is 4. The Morgan fingerprint density at radius 1 is 1.18 bits per heavy atom. The first-order chi connectivity index (χ1) is 16.1. The summed E-state index contributed by atoms with van der Waals surface area (Å²) in [4.78, 5) is 21.3. The van der Waals surface area contributed by atoms with Gasteiger partial charge in [0.2, 0.25) is 0 Å². The van der Waals surface area contributed by atoms with Gasteiger partial charge < -0.3 is 19.3 Å². The molecule has 34 heavy (non-hydrogen) atoms. The van der Waals surface area contributed by atoms with Crippen LogP contribution in [0, 0.1) is 18.3 Å². The molecule has 1 saturated heterocycles. The summed E-state index contributed by atoms with van der Waals surface area (Å²) in [6.45, 7) is 3.97. The van der Waals surface area contributed by atoms with Gasteiger partial charge >= 0.3 is 6.36 Å². The smallest absolute Gasteiger partial charge is 0.508 e. The van der Waals surface area contributed by atoms with E-state index in [0.717, 1.165) is 11.8 Å². The topological polar surface area (TPSA) is 94.6 Å². The number of hydrogen-bond donors (Lipinski definition) is 1. The van der Waals surface area contributed by atoms with Gasteiger partial charge in [-0.3, -0.25) is 9.69 Å². The highest BCUT2D eigenvalue weighted by molar-refractivity contribution is 5.91. The molecule has 1 N–H and O–H groups in total. The maximum absolute atomic E-state index is 12.8. The van der Waals surface area contributed by atoms with Crippen LogP contribution in [-0.2, 0) is 13.6 Å². The molecule has 1 aromatic carbocycles. The lowest BCUT2D eigenvalue weighted by atomic mass is 10.1. The molecule has 1 aliphatic heterocycles. The summed E-state index contributed by atoms with van der Waals surface area (Å²) in [6.07, 6.45) is -4.82. The number of nitrogens with zero attached hydrogens (tertiary/aromatic N) is 5. The Balaban J connectivity index is 1.57. The molecule has 2 aromatic heterocycles. The maximum Gasteiger partial charge on any atom is 0.573 e. The van der Waals surface area contributed by atoms with Gasteiger partial charge in [-0.25, -0.2) is 4.98 Å². The first-order valence-corrected chi connectivity index (χ1v) is 10.5. The third-order valence-corrected chi connectivity index (χ3v) is 5.83. The molecular weight excluding hydrogens is 451 g/mol. The van der Waals surface area contributed by atoms with Crippen LogP contribution in [0.3, 0.4) is 0 Å². The molecule has 1 aliphatic rings. The lowest BCUT2D eigenvalue weighted by molar-refractivity contribution is -0.274. The molecule has 0 spiro atoms. The monoisotopic (exact) mass is 473 g/mol. The number of pyridine rings is 2. The maximum atomic E-state index is 12.8. The van der Waals surface area contributed by atoms with Crippen LogP contribution in [0.4, 0.5) is 18.9 Å². The lowest BCUT2D eigenvalue weighted by Gasteiger charge is -2.36. The number of hydrogen-bond acceptors (Lipinski definition) is 7. The van der Waals surface area contributed by atoms with Crippen molar-refractivity contribution < 1.29 is 23.0 Å². The summed E-state index contributed by atoms with van der Waals surface area (Å²) in [7, 11) is 1.60. The van der Waals surface area contributed by atoms with E-state index in [-0.39, 0.29) is 17.9 Å². The zero-order chi connectivity index (χ0) is 24.6. The van der Waals surface area contributed by atoms with Gasteiger partial charge in [0.15, 0.2) is 0 Å². The number of aromatic hydroxyl groups is 1. The predicted molar refractivity (Wildman–Crippen MR) is 119 cm³/mol. The van der Waals surface area contributed by atoms with Crippen LogP contribution in [-0.4, -0.2) is 52.1 Å². The van der Waals surface area contributed by atoms with Crippen molar-refractivity contribution in [1.29, 1.82) is 5.26 Å². The molecule has 0 saturated carbocycles. The number of aromatic nitrogens is 2. The summed E-state index contributed by atoms with van der Waals surface area (Å²) in [5.41, 5.74) is 2.38. The minimum Gasteiger partial charge on any atom is -0.508 e. The number of alkyl halides is 3. The van der Waals surface area contributed by atoms with E-state index >= 15 is 0 Å². The largest absolute Gasteiger partial charge is 0.573 e. The van der Waals surface area contributed by atoms with E-state index in [4.69, 9.17) is 0 Å². The Morgan fingerprint density at radius 2 is 1.88 bits per heavy atom. The van der Waals surface area contributed by atoms with E-state index in [1.165, 1.54) is 16.7 Å². The van der Waals surface area contributed by atoms with E-state index < -0.39 is 17.7 Å². The number of ether oxygens (including phenoxy) is 1. The molecule has 0 amide bonds. The molecule has 4 rings (SSSR count). The molecule has 11 heteroatoms. The number of phenols is 1. The van der Waals surface area contributed by atoms with Crippen LogP contribution in [0.15, 0.2) is 35.1 Å². The number of halogens is 3. The first-order valence-electron chi connectivity index (χ1n) is 10.5. The number of fused-ring (bicyclic) bond motifs is 1. The Labute approximate surface area is 193 Å². The summed E-state index contributed by atoms with van der Waals surface area (Å²) < 4.78 is 43.0. The van der Waals surface area contributed by atoms with Crippen LogP contribution < -0.4 is 15.2 Å². The van der Waals surface area contributed by atoms with E-state index in [1.54, 1.807) is 19.2 Å². The van der Waals surface area contributed by atoms with E-state index in [2.05, 4.69) is 9.72 Å². The molecule has 3 aromatic rings. The fraction of sp³-hybridized carbons (Fsp3) is 0.348. The summed E-state index contributed by atoms with van der Waals surface area (Å²) in [5, 5.41) is 19.8. The van der Waals surface area contributed by atoms with Crippen molar-refractivity contribution in [3.05, 3.63) is 57.5 Å². The van der Waals surface area contributed by atoms with Crippen LogP contribution >= 0.6 is 0 Å². The lowest BCUT2D eigenvalue weighted by Crippen LogP contribution is -2.47. The van der Waals surface area contributed by atoms with Crippen molar-refractivity contribution in [2.75, 3.05) is 31.1 Å². The summed E-state index contributed by atoms with van der Waals surface area (Å²) in [5.74, 6) is -0.522. The van der Waals surface area contributed by atoms with Gasteiger partial charge in [0, 0.05) is 51.0 Å². The normalized spacial score (nSPS) is 14.9. The predicted octanol–water partition coefficient (Wildman–Crippen LogP) is 3.04. The standard InChI is InChI=1S/C23H22F3N5O3/c1-14-3-5-18-20(28-14)21(17(12-27)22(33)29(18)2)31-9-7-30(8-10-31)13-15-11-16(4-6-19(15)32)34-23(24,25)26/h3-6,11,32H,7-10,13H2,1-2H3. The van der Waals surface area contributed by atoms with Crippen LogP contribution in [0.1, 0.15) is 16.8 Å². The molecule has 0 atom stereocenters. The van der Waals surface area contributed by atoms with Gasteiger partial charge in [0.05, 0.1) is 11.2 Å². The second-order valence-electron chi connectivity index (χ2n) is 8.12. The highest BCUT2D eigenvalue weighted by Crippen LogP contribution is 2.31. The first kappa shape index (κ1) is 23.4. The number of aryl methyl sites for hydroxylation is 2. The Hall–Kier alpha value is -3.78.